The van der Waals surface area contributed by atoms with Crippen LogP contribution in [0, 0.1) is 6.92 Å². The molecule has 0 saturated carbocycles. The first-order chi connectivity index (χ1) is 6.16. The summed E-state index contributed by atoms with van der Waals surface area (Å²) in [5.74, 6) is -0.467. The second-order valence-corrected chi connectivity index (χ2v) is 2.63. The number of aryl methyl sites for hydroxylation is 1. The highest BCUT2D eigenvalue weighted by molar-refractivity contribution is 6.04. The van der Waals surface area contributed by atoms with Gasteiger partial charge in [-0.05, 0) is 18.6 Å². The molecule has 4 nitrogen and oxygen atoms in total. The first kappa shape index (κ1) is 9.25. The number of benzene rings is 1. The van der Waals surface area contributed by atoms with Gasteiger partial charge in [-0.2, -0.15) is 0 Å². The molecule has 0 fully saturated rings. The Balaban J connectivity index is 3.12. The van der Waals surface area contributed by atoms with E-state index in [1.165, 1.54) is 0 Å². The van der Waals surface area contributed by atoms with Crippen LogP contribution in [0.4, 0.5) is 5.69 Å². The van der Waals surface area contributed by atoms with Gasteiger partial charge in [-0.15, -0.1) is 0 Å². The molecule has 0 spiro atoms. The van der Waals surface area contributed by atoms with Crippen molar-refractivity contribution in [2.75, 3.05) is 5.73 Å². The highest BCUT2D eigenvalue weighted by Crippen LogP contribution is 2.15. The Kier molecular flexibility index (Phi) is 2.64. The number of anilines is 1. The van der Waals surface area contributed by atoms with E-state index in [0.29, 0.717) is 17.7 Å². The van der Waals surface area contributed by atoms with Crippen molar-refractivity contribution in [3.63, 3.8) is 0 Å². The largest absolute Gasteiger partial charge is 0.398 e. The van der Waals surface area contributed by atoms with Gasteiger partial charge in [-0.3, -0.25) is 14.9 Å². The minimum Gasteiger partial charge on any atom is -0.398 e. The number of hydrogen-bond donors (Lipinski definition) is 2. The molecule has 1 rings (SSSR count). The molecule has 0 atom stereocenters. The lowest BCUT2D eigenvalue weighted by Gasteiger charge is -2.05. The van der Waals surface area contributed by atoms with Crippen molar-refractivity contribution >= 4 is 18.0 Å². The summed E-state index contributed by atoms with van der Waals surface area (Å²) in [7, 11) is 0. The Labute approximate surface area is 75.7 Å². The molecule has 1 aromatic rings. The summed E-state index contributed by atoms with van der Waals surface area (Å²) in [6.07, 6.45) is 0.341. The van der Waals surface area contributed by atoms with Crippen LogP contribution in [0.3, 0.4) is 0 Å². The van der Waals surface area contributed by atoms with Crippen LogP contribution in [-0.2, 0) is 4.79 Å². The maximum Gasteiger partial charge on any atom is 0.259 e. The molecule has 13 heavy (non-hydrogen) atoms. The SMILES string of the molecule is Cc1cccc(N)c1C(=O)NC=O. The van der Waals surface area contributed by atoms with Crippen molar-refractivity contribution in [2.24, 2.45) is 0 Å². The standard InChI is InChI=1S/C9H10N2O2/c1-6-3-2-4-7(10)8(6)9(13)11-5-12/h2-5H,10H2,1H3,(H,11,12,13). The Hall–Kier alpha value is -1.84. The predicted molar refractivity (Wildman–Crippen MR) is 49.1 cm³/mol. The van der Waals surface area contributed by atoms with Gasteiger partial charge in [0.05, 0.1) is 5.56 Å². The second-order valence-electron chi connectivity index (χ2n) is 2.63. The first-order valence-electron chi connectivity index (χ1n) is 3.76. The van der Waals surface area contributed by atoms with Crippen molar-refractivity contribution in [3.8, 4) is 0 Å². The Morgan fingerprint density at radius 1 is 1.54 bits per heavy atom. The summed E-state index contributed by atoms with van der Waals surface area (Å²) >= 11 is 0. The summed E-state index contributed by atoms with van der Waals surface area (Å²) in [5, 5.41) is 2.04. The number of hydrogen-bond acceptors (Lipinski definition) is 3. The highest BCUT2D eigenvalue weighted by Gasteiger charge is 2.10. The minimum atomic E-state index is -0.467. The molecule has 2 amide bonds. The average Bonchev–Trinajstić information content (AvgIpc) is 2.04. The third-order valence-electron chi connectivity index (χ3n) is 1.72. The number of nitrogen functional groups attached to an aromatic ring is 1. The van der Waals surface area contributed by atoms with Crippen LogP contribution in [0.15, 0.2) is 18.2 Å². The summed E-state index contributed by atoms with van der Waals surface area (Å²) in [6.45, 7) is 1.76. The lowest BCUT2D eigenvalue weighted by atomic mass is 10.1. The van der Waals surface area contributed by atoms with Crippen LogP contribution in [-0.4, -0.2) is 12.3 Å². The molecule has 0 saturated heterocycles. The van der Waals surface area contributed by atoms with Gasteiger partial charge in [-0.1, -0.05) is 12.1 Å². The molecule has 3 N–H and O–H groups in total. The number of carbonyl (C=O) groups excluding carboxylic acids is 2. The lowest BCUT2D eigenvalue weighted by molar-refractivity contribution is -0.108. The fourth-order valence-electron chi connectivity index (χ4n) is 1.13. The van der Waals surface area contributed by atoms with E-state index in [0.717, 1.165) is 5.56 Å². The number of imide groups is 1. The average molecular weight is 178 g/mol. The van der Waals surface area contributed by atoms with E-state index in [-0.39, 0.29) is 0 Å². The van der Waals surface area contributed by atoms with Crippen LogP contribution in [0.1, 0.15) is 15.9 Å². The van der Waals surface area contributed by atoms with Crippen LogP contribution in [0.5, 0.6) is 0 Å². The predicted octanol–water partition coefficient (Wildman–Crippen LogP) is 0.463. The van der Waals surface area contributed by atoms with E-state index in [2.05, 4.69) is 0 Å². The van der Waals surface area contributed by atoms with Gasteiger partial charge in [0.25, 0.3) is 5.91 Å². The van der Waals surface area contributed by atoms with Crippen molar-refractivity contribution in [1.82, 2.24) is 5.32 Å². The molecule has 0 bridgehead atoms. The van der Waals surface area contributed by atoms with Gasteiger partial charge in [0.2, 0.25) is 6.41 Å². The zero-order chi connectivity index (χ0) is 9.84. The van der Waals surface area contributed by atoms with Crippen LogP contribution in [0.2, 0.25) is 0 Å². The van der Waals surface area contributed by atoms with Gasteiger partial charge >= 0.3 is 0 Å². The molecule has 0 heterocycles. The van der Waals surface area contributed by atoms with E-state index < -0.39 is 5.91 Å². The van der Waals surface area contributed by atoms with E-state index in [1.807, 2.05) is 5.32 Å². The molecule has 0 unspecified atom stereocenters. The van der Waals surface area contributed by atoms with Crippen molar-refractivity contribution < 1.29 is 9.59 Å². The van der Waals surface area contributed by atoms with Crippen molar-refractivity contribution in [2.45, 2.75) is 6.92 Å². The van der Waals surface area contributed by atoms with E-state index >= 15 is 0 Å². The third-order valence-corrected chi connectivity index (χ3v) is 1.72. The number of nitrogens with two attached hydrogens (primary N) is 1. The van der Waals surface area contributed by atoms with E-state index in [4.69, 9.17) is 5.73 Å². The zero-order valence-electron chi connectivity index (χ0n) is 7.20. The normalized spacial score (nSPS) is 9.31. The smallest absolute Gasteiger partial charge is 0.259 e. The van der Waals surface area contributed by atoms with Crippen LogP contribution < -0.4 is 11.1 Å². The van der Waals surface area contributed by atoms with E-state index in [1.54, 1.807) is 25.1 Å². The first-order valence-corrected chi connectivity index (χ1v) is 3.76. The molecule has 68 valence electrons. The maximum atomic E-state index is 11.3. The van der Waals surface area contributed by atoms with Crippen molar-refractivity contribution in [1.29, 1.82) is 0 Å². The molecule has 0 radical (unpaired) electrons. The second kappa shape index (κ2) is 3.71. The molecule has 4 heteroatoms. The number of carbonyl (C=O) groups is 2. The quantitative estimate of drug-likeness (QED) is 0.510. The Bertz CT molecular complexity index is 327. The minimum absolute atomic E-state index is 0.341. The highest BCUT2D eigenvalue weighted by atomic mass is 16.2. The number of nitrogens with one attached hydrogen (secondary N) is 1. The lowest BCUT2D eigenvalue weighted by Crippen LogP contribution is -2.23. The maximum absolute atomic E-state index is 11.3. The van der Waals surface area contributed by atoms with Gasteiger partial charge in [0, 0.05) is 5.69 Å². The monoisotopic (exact) mass is 178 g/mol. The van der Waals surface area contributed by atoms with Crippen LogP contribution in [0.25, 0.3) is 0 Å². The molecular formula is C9H10N2O2. The van der Waals surface area contributed by atoms with Crippen molar-refractivity contribution in [3.05, 3.63) is 29.3 Å². The zero-order valence-corrected chi connectivity index (χ0v) is 7.20. The van der Waals surface area contributed by atoms with E-state index in [9.17, 15) is 9.59 Å². The van der Waals surface area contributed by atoms with Gasteiger partial charge < -0.3 is 5.73 Å². The summed E-state index contributed by atoms with van der Waals surface area (Å²) < 4.78 is 0. The van der Waals surface area contributed by atoms with Gasteiger partial charge in [0.1, 0.15) is 0 Å². The summed E-state index contributed by atoms with van der Waals surface area (Å²) in [5.41, 5.74) is 7.06. The Morgan fingerprint density at radius 3 is 2.77 bits per heavy atom. The molecule has 0 aliphatic carbocycles. The fraction of sp³-hybridized carbons (Fsp3) is 0.111. The molecule has 1 aromatic carbocycles. The molecular weight excluding hydrogens is 168 g/mol. The Morgan fingerprint density at radius 2 is 2.23 bits per heavy atom. The topological polar surface area (TPSA) is 72.2 Å². The summed E-state index contributed by atoms with van der Waals surface area (Å²) in [4.78, 5) is 21.3. The van der Waals surface area contributed by atoms with Crippen LogP contribution >= 0.6 is 0 Å². The fourth-order valence-corrected chi connectivity index (χ4v) is 1.13. The molecule has 0 aromatic heterocycles. The summed E-state index contributed by atoms with van der Waals surface area (Å²) in [6, 6.07) is 5.13. The third kappa shape index (κ3) is 1.84. The number of amides is 2. The molecule has 0 aliphatic heterocycles. The van der Waals surface area contributed by atoms with Gasteiger partial charge in [-0.25, -0.2) is 0 Å². The molecule has 0 aliphatic rings. The van der Waals surface area contributed by atoms with Gasteiger partial charge in [0.15, 0.2) is 0 Å². The number of rotatable bonds is 2.